The standard InChI is InChI=1S/C13H16N2O/c16-13-9-11-12(7-4-8-14-11)15(13)10-5-2-1-3-6-10/h4,7-8,10H,1-3,5-6,9H2. The first-order valence-corrected chi connectivity index (χ1v) is 6.12. The summed E-state index contributed by atoms with van der Waals surface area (Å²) in [4.78, 5) is 18.3. The zero-order valence-electron chi connectivity index (χ0n) is 9.35. The average Bonchev–Trinajstić information content (AvgIpc) is 2.66. The Balaban J connectivity index is 1.92. The molecule has 1 fully saturated rings. The molecule has 0 bridgehead atoms. The molecule has 3 heteroatoms. The molecule has 3 nitrogen and oxygen atoms in total. The third kappa shape index (κ3) is 1.51. The van der Waals surface area contributed by atoms with E-state index in [1.807, 2.05) is 17.0 Å². The number of aromatic nitrogens is 1. The molecule has 1 aromatic heterocycles. The van der Waals surface area contributed by atoms with Crippen LogP contribution in [-0.4, -0.2) is 16.9 Å². The largest absolute Gasteiger partial charge is 0.307 e. The normalized spacial score (nSPS) is 21.2. The van der Waals surface area contributed by atoms with E-state index in [4.69, 9.17) is 0 Å². The molecule has 1 amide bonds. The van der Waals surface area contributed by atoms with Crippen molar-refractivity contribution in [2.45, 2.75) is 44.6 Å². The predicted molar refractivity (Wildman–Crippen MR) is 62.3 cm³/mol. The fourth-order valence-electron chi connectivity index (χ4n) is 2.89. The Morgan fingerprint density at radius 3 is 2.88 bits per heavy atom. The maximum Gasteiger partial charge on any atom is 0.233 e. The van der Waals surface area contributed by atoms with E-state index in [2.05, 4.69) is 4.98 Å². The first kappa shape index (κ1) is 9.82. The molecule has 0 atom stereocenters. The van der Waals surface area contributed by atoms with Gasteiger partial charge in [-0.1, -0.05) is 19.3 Å². The summed E-state index contributed by atoms with van der Waals surface area (Å²) in [6.07, 6.45) is 8.40. The van der Waals surface area contributed by atoms with E-state index in [9.17, 15) is 4.79 Å². The summed E-state index contributed by atoms with van der Waals surface area (Å²) >= 11 is 0. The van der Waals surface area contributed by atoms with Gasteiger partial charge in [0.1, 0.15) is 0 Å². The molecule has 1 aromatic rings. The zero-order valence-corrected chi connectivity index (χ0v) is 9.35. The third-order valence-electron chi connectivity index (χ3n) is 3.65. The maximum absolute atomic E-state index is 12.0. The highest BCUT2D eigenvalue weighted by Gasteiger charge is 2.33. The highest BCUT2D eigenvalue weighted by Crippen LogP contribution is 2.33. The van der Waals surface area contributed by atoms with Gasteiger partial charge in [0.2, 0.25) is 5.91 Å². The van der Waals surface area contributed by atoms with Crippen LogP contribution in [0.15, 0.2) is 18.3 Å². The Bertz CT molecular complexity index is 410. The Morgan fingerprint density at radius 2 is 2.06 bits per heavy atom. The second-order valence-electron chi connectivity index (χ2n) is 4.70. The van der Waals surface area contributed by atoms with E-state index < -0.39 is 0 Å². The number of anilines is 1. The van der Waals surface area contributed by atoms with Crippen molar-refractivity contribution in [3.8, 4) is 0 Å². The van der Waals surface area contributed by atoms with Gasteiger partial charge in [-0.25, -0.2) is 0 Å². The van der Waals surface area contributed by atoms with Crippen LogP contribution in [0.4, 0.5) is 5.69 Å². The molecule has 0 spiro atoms. The van der Waals surface area contributed by atoms with Gasteiger partial charge in [-0.3, -0.25) is 9.78 Å². The lowest BCUT2D eigenvalue weighted by molar-refractivity contribution is -0.118. The average molecular weight is 216 g/mol. The van der Waals surface area contributed by atoms with Crippen LogP contribution in [0.3, 0.4) is 0 Å². The summed E-state index contributed by atoms with van der Waals surface area (Å²) in [6, 6.07) is 4.38. The molecule has 3 rings (SSSR count). The second-order valence-corrected chi connectivity index (χ2v) is 4.70. The quantitative estimate of drug-likeness (QED) is 0.721. The van der Waals surface area contributed by atoms with Gasteiger partial charge in [-0.15, -0.1) is 0 Å². The lowest BCUT2D eigenvalue weighted by Gasteiger charge is -2.31. The van der Waals surface area contributed by atoms with Gasteiger partial charge in [0, 0.05) is 12.2 Å². The number of carbonyl (C=O) groups is 1. The summed E-state index contributed by atoms with van der Waals surface area (Å²) in [5.41, 5.74) is 2.01. The minimum Gasteiger partial charge on any atom is -0.307 e. The van der Waals surface area contributed by atoms with Crippen LogP contribution in [0, 0.1) is 0 Å². The molecule has 1 saturated carbocycles. The highest BCUT2D eigenvalue weighted by molar-refractivity contribution is 6.01. The molecule has 0 N–H and O–H groups in total. The van der Waals surface area contributed by atoms with Gasteiger partial charge >= 0.3 is 0 Å². The van der Waals surface area contributed by atoms with E-state index in [1.165, 1.54) is 19.3 Å². The highest BCUT2D eigenvalue weighted by atomic mass is 16.2. The van der Waals surface area contributed by atoms with Crippen molar-refractivity contribution in [3.05, 3.63) is 24.0 Å². The molecule has 84 valence electrons. The molecule has 0 saturated heterocycles. The Labute approximate surface area is 95.5 Å². The number of rotatable bonds is 1. The van der Waals surface area contributed by atoms with Gasteiger partial charge in [0.25, 0.3) is 0 Å². The van der Waals surface area contributed by atoms with Crippen molar-refractivity contribution in [1.29, 1.82) is 0 Å². The van der Waals surface area contributed by atoms with Crippen LogP contribution in [0.1, 0.15) is 37.8 Å². The second kappa shape index (κ2) is 3.89. The monoisotopic (exact) mass is 216 g/mol. The van der Waals surface area contributed by atoms with Crippen molar-refractivity contribution < 1.29 is 4.79 Å². The van der Waals surface area contributed by atoms with Crippen LogP contribution in [-0.2, 0) is 11.2 Å². The van der Waals surface area contributed by atoms with Gasteiger partial charge in [0.15, 0.2) is 0 Å². The lowest BCUT2D eigenvalue weighted by atomic mass is 9.94. The van der Waals surface area contributed by atoms with Crippen LogP contribution >= 0.6 is 0 Å². The number of nitrogens with zero attached hydrogens (tertiary/aromatic N) is 2. The molecular weight excluding hydrogens is 200 g/mol. The summed E-state index contributed by atoms with van der Waals surface area (Å²) in [5.74, 6) is 0.237. The number of hydrogen-bond acceptors (Lipinski definition) is 2. The number of amides is 1. The van der Waals surface area contributed by atoms with E-state index in [1.54, 1.807) is 6.20 Å². The first-order chi connectivity index (χ1) is 7.86. The zero-order chi connectivity index (χ0) is 11.0. The Morgan fingerprint density at radius 1 is 1.25 bits per heavy atom. The van der Waals surface area contributed by atoms with Gasteiger partial charge < -0.3 is 4.90 Å². The van der Waals surface area contributed by atoms with E-state index >= 15 is 0 Å². The van der Waals surface area contributed by atoms with Gasteiger partial charge in [-0.05, 0) is 25.0 Å². The SMILES string of the molecule is O=C1Cc2ncccc2N1C1CCCCC1. The smallest absolute Gasteiger partial charge is 0.233 e. The topological polar surface area (TPSA) is 33.2 Å². The van der Waals surface area contributed by atoms with Crippen LogP contribution in [0.2, 0.25) is 0 Å². The van der Waals surface area contributed by atoms with Crippen molar-refractivity contribution >= 4 is 11.6 Å². The molecule has 16 heavy (non-hydrogen) atoms. The van der Waals surface area contributed by atoms with Crippen molar-refractivity contribution in [3.63, 3.8) is 0 Å². The summed E-state index contributed by atoms with van der Waals surface area (Å²) in [6.45, 7) is 0. The molecule has 1 aliphatic heterocycles. The predicted octanol–water partition coefficient (Wildman–Crippen LogP) is 2.30. The van der Waals surface area contributed by atoms with Crippen molar-refractivity contribution in [2.75, 3.05) is 4.90 Å². The molecule has 1 aliphatic carbocycles. The number of fused-ring (bicyclic) bond motifs is 1. The van der Waals surface area contributed by atoms with Gasteiger partial charge in [-0.2, -0.15) is 0 Å². The molecule has 0 unspecified atom stereocenters. The molecule has 2 heterocycles. The van der Waals surface area contributed by atoms with E-state index in [0.717, 1.165) is 24.2 Å². The third-order valence-corrected chi connectivity index (χ3v) is 3.65. The maximum atomic E-state index is 12.0. The number of carbonyl (C=O) groups excluding carboxylic acids is 1. The number of hydrogen-bond donors (Lipinski definition) is 0. The van der Waals surface area contributed by atoms with Crippen LogP contribution in [0.25, 0.3) is 0 Å². The fourth-order valence-corrected chi connectivity index (χ4v) is 2.89. The van der Waals surface area contributed by atoms with Crippen molar-refractivity contribution in [1.82, 2.24) is 4.98 Å². The summed E-state index contributed by atoms with van der Waals surface area (Å²) in [7, 11) is 0. The van der Waals surface area contributed by atoms with Crippen molar-refractivity contribution in [2.24, 2.45) is 0 Å². The Kier molecular flexibility index (Phi) is 2.39. The first-order valence-electron chi connectivity index (χ1n) is 6.12. The molecular formula is C13H16N2O. The van der Waals surface area contributed by atoms with Crippen LogP contribution in [0.5, 0.6) is 0 Å². The summed E-state index contributed by atoms with van der Waals surface area (Å²) in [5, 5.41) is 0. The van der Waals surface area contributed by atoms with Gasteiger partial charge in [0.05, 0.1) is 17.8 Å². The number of pyridine rings is 1. The fraction of sp³-hybridized carbons (Fsp3) is 0.538. The van der Waals surface area contributed by atoms with E-state index in [-0.39, 0.29) is 5.91 Å². The molecule has 0 radical (unpaired) electrons. The molecule has 2 aliphatic rings. The van der Waals surface area contributed by atoms with E-state index in [0.29, 0.717) is 12.5 Å². The minimum absolute atomic E-state index is 0.237. The summed E-state index contributed by atoms with van der Waals surface area (Å²) < 4.78 is 0. The molecule has 0 aromatic carbocycles. The lowest BCUT2D eigenvalue weighted by Crippen LogP contribution is -2.39. The Hall–Kier alpha value is -1.38. The minimum atomic E-state index is 0.237. The van der Waals surface area contributed by atoms with Crippen LogP contribution < -0.4 is 4.90 Å².